The first-order valence-electron chi connectivity index (χ1n) is 6.57. The minimum atomic E-state index is -2.49. The van der Waals surface area contributed by atoms with Crippen LogP contribution in [0, 0.1) is 0 Å². The zero-order valence-corrected chi connectivity index (χ0v) is 13.0. The molecule has 1 fully saturated rings. The fraction of sp³-hybridized carbons (Fsp3) is 0.714. The predicted molar refractivity (Wildman–Crippen MR) is 66.3 cm³/mol. The van der Waals surface area contributed by atoms with Crippen molar-refractivity contribution in [2.24, 2.45) is 0 Å². The van der Waals surface area contributed by atoms with Gasteiger partial charge in [0.1, 0.15) is 0 Å². The third-order valence-electron chi connectivity index (χ3n) is 4.95. The Hall–Kier alpha value is 0.363. The number of hydrogen-bond donors (Lipinski definition) is 0. The van der Waals surface area contributed by atoms with Crippen LogP contribution in [-0.4, -0.2) is 0 Å². The van der Waals surface area contributed by atoms with Gasteiger partial charge in [-0.2, -0.15) is 0 Å². The van der Waals surface area contributed by atoms with Crippen LogP contribution >= 0.6 is 0 Å². The molecule has 0 spiro atoms. The zero-order valence-electron chi connectivity index (χ0n) is 10.6. The van der Waals surface area contributed by atoms with E-state index < -0.39 is 18.8 Å². The molecular formula is C14H25Zr. The van der Waals surface area contributed by atoms with E-state index in [2.05, 4.69) is 32.1 Å². The second kappa shape index (κ2) is 3.99. The minimum absolute atomic E-state index is 1.09. The van der Waals surface area contributed by atoms with Crippen molar-refractivity contribution in [2.75, 3.05) is 0 Å². The standard InChI is InChI=1S/C6H11.C5H5.3CH3.Zr/c1-2-4-6-5-3-1;1-2-4-5-3-1;;;;/h1H,2-6H2;1-3H,4H2;3*1H3;. The Morgan fingerprint density at radius 2 is 1.73 bits per heavy atom. The van der Waals surface area contributed by atoms with E-state index in [-0.39, 0.29) is 0 Å². The summed E-state index contributed by atoms with van der Waals surface area (Å²) in [6.07, 6.45) is 15.8. The first-order valence-corrected chi connectivity index (χ1v) is 16.6. The van der Waals surface area contributed by atoms with Crippen LogP contribution in [0.25, 0.3) is 0 Å². The van der Waals surface area contributed by atoms with E-state index in [1.807, 2.05) is 3.28 Å². The van der Waals surface area contributed by atoms with E-state index in [9.17, 15) is 0 Å². The van der Waals surface area contributed by atoms with Crippen LogP contribution in [0.1, 0.15) is 38.5 Å². The van der Waals surface area contributed by atoms with Gasteiger partial charge in [0.2, 0.25) is 0 Å². The molecule has 0 aromatic carbocycles. The second-order valence-corrected chi connectivity index (χ2v) is 26.5. The summed E-state index contributed by atoms with van der Waals surface area (Å²) in [6.45, 7) is 0. The van der Waals surface area contributed by atoms with Crippen LogP contribution in [-0.2, 0) is 18.8 Å². The molecule has 0 N–H and O–H groups in total. The summed E-state index contributed by atoms with van der Waals surface area (Å²) in [6, 6.07) is 0. The van der Waals surface area contributed by atoms with Gasteiger partial charge < -0.3 is 0 Å². The third-order valence-corrected chi connectivity index (χ3v) is 20.0. The Balaban J connectivity index is 2.21. The Morgan fingerprint density at radius 1 is 1.07 bits per heavy atom. The van der Waals surface area contributed by atoms with Gasteiger partial charge >= 0.3 is 96.3 Å². The first kappa shape index (κ1) is 11.8. The Morgan fingerprint density at radius 3 is 2.27 bits per heavy atom. The average Bonchev–Trinajstić information content (AvgIpc) is 2.72. The van der Waals surface area contributed by atoms with Gasteiger partial charge in [0.05, 0.1) is 0 Å². The summed E-state index contributed by atoms with van der Waals surface area (Å²) >= 11 is -2.49. The summed E-state index contributed by atoms with van der Waals surface area (Å²) in [4.78, 5) is 0. The molecule has 15 heavy (non-hydrogen) atoms. The molecule has 1 saturated carbocycles. The van der Waals surface area contributed by atoms with Gasteiger partial charge in [-0.15, -0.1) is 0 Å². The van der Waals surface area contributed by atoms with E-state index >= 15 is 0 Å². The van der Waals surface area contributed by atoms with Crippen LogP contribution in [0.15, 0.2) is 21.5 Å². The van der Waals surface area contributed by atoms with Crippen molar-refractivity contribution in [2.45, 2.75) is 56.0 Å². The van der Waals surface area contributed by atoms with Crippen molar-refractivity contribution in [3.8, 4) is 0 Å². The number of allylic oxidation sites excluding steroid dienone is 4. The molecule has 0 heterocycles. The van der Waals surface area contributed by atoms with E-state index in [4.69, 9.17) is 0 Å². The topological polar surface area (TPSA) is 0 Å². The average molecular weight is 285 g/mol. The van der Waals surface area contributed by atoms with E-state index in [0.29, 0.717) is 0 Å². The quantitative estimate of drug-likeness (QED) is 0.635. The van der Waals surface area contributed by atoms with Gasteiger partial charge in [0, 0.05) is 0 Å². The zero-order chi connectivity index (χ0) is 11.0. The van der Waals surface area contributed by atoms with E-state index in [1.165, 1.54) is 38.5 Å². The molecule has 0 bridgehead atoms. The van der Waals surface area contributed by atoms with Gasteiger partial charge in [-0.25, -0.2) is 0 Å². The molecule has 85 valence electrons. The summed E-state index contributed by atoms with van der Waals surface area (Å²) in [7, 11) is 0. The maximum absolute atomic E-state index is 2.68. The monoisotopic (exact) mass is 283 g/mol. The summed E-state index contributed by atoms with van der Waals surface area (Å²) in [5, 5.41) is 0. The summed E-state index contributed by atoms with van der Waals surface area (Å²) in [5.41, 5.74) is 0. The molecule has 0 radical (unpaired) electrons. The van der Waals surface area contributed by atoms with Gasteiger partial charge in [-0.1, -0.05) is 0 Å². The molecule has 2 rings (SSSR count). The second-order valence-electron chi connectivity index (χ2n) is 6.92. The predicted octanol–water partition coefficient (Wildman–Crippen LogP) is 5.42. The first-order chi connectivity index (χ1) is 6.99. The summed E-state index contributed by atoms with van der Waals surface area (Å²) < 4.78 is 11.0. The van der Waals surface area contributed by atoms with Gasteiger partial charge in [0.15, 0.2) is 0 Å². The molecule has 0 aliphatic heterocycles. The molecule has 1 heteroatoms. The van der Waals surface area contributed by atoms with Crippen LogP contribution in [0.4, 0.5) is 0 Å². The van der Waals surface area contributed by atoms with E-state index in [0.717, 1.165) is 3.63 Å². The molecule has 0 saturated heterocycles. The Labute approximate surface area is 96.0 Å². The molecule has 0 nitrogen and oxygen atoms in total. The van der Waals surface area contributed by atoms with Crippen molar-refractivity contribution >= 4 is 0 Å². The maximum atomic E-state index is 2.68. The van der Waals surface area contributed by atoms with Crippen molar-refractivity contribution in [1.29, 1.82) is 0 Å². The summed E-state index contributed by atoms with van der Waals surface area (Å²) in [5.74, 6) is 0. The van der Waals surface area contributed by atoms with Crippen LogP contribution < -0.4 is 0 Å². The Bertz CT molecular complexity index is 295. The Kier molecular flexibility index (Phi) is 3.15. The number of hydrogen-bond acceptors (Lipinski definition) is 0. The van der Waals surface area contributed by atoms with Crippen molar-refractivity contribution in [3.05, 3.63) is 21.5 Å². The van der Waals surface area contributed by atoms with Crippen LogP contribution in [0.5, 0.6) is 0 Å². The van der Waals surface area contributed by atoms with Crippen molar-refractivity contribution < 1.29 is 18.8 Å². The van der Waals surface area contributed by atoms with Crippen molar-refractivity contribution in [1.82, 2.24) is 0 Å². The normalized spacial score (nSPS) is 26.1. The van der Waals surface area contributed by atoms with Crippen molar-refractivity contribution in [3.63, 3.8) is 0 Å². The van der Waals surface area contributed by atoms with Gasteiger partial charge in [0.25, 0.3) is 0 Å². The molecule has 0 amide bonds. The molecule has 0 atom stereocenters. The fourth-order valence-corrected chi connectivity index (χ4v) is 14.5. The molecule has 0 aromatic rings. The molecule has 2 aliphatic rings. The van der Waals surface area contributed by atoms with Gasteiger partial charge in [-0.05, 0) is 0 Å². The third kappa shape index (κ3) is 2.23. The molecular weight excluding hydrogens is 259 g/mol. The number of rotatable bonds is 2. The molecule has 0 unspecified atom stereocenters. The molecule has 2 aliphatic carbocycles. The van der Waals surface area contributed by atoms with Gasteiger partial charge in [-0.3, -0.25) is 0 Å². The molecule has 0 aromatic heterocycles. The van der Waals surface area contributed by atoms with Crippen LogP contribution in [0.2, 0.25) is 17.5 Å². The fourth-order valence-electron chi connectivity index (χ4n) is 3.49. The van der Waals surface area contributed by atoms with E-state index in [1.54, 1.807) is 0 Å². The van der Waals surface area contributed by atoms with Crippen LogP contribution in [0.3, 0.4) is 0 Å². The SMILES string of the molecule is [CH3][Zr]([CH3])([CH3])([C]1=CC=CC1)[CH]1CCCCC1.